The van der Waals surface area contributed by atoms with Crippen molar-refractivity contribution in [2.75, 3.05) is 6.54 Å². The third kappa shape index (κ3) is 4.45. The van der Waals surface area contributed by atoms with Crippen LogP contribution >= 0.6 is 12.2 Å². The van der Waals surface area contributed by atoms with Gasteiger partial charge >= 0.3 is 6.18 Å². The van der Waals surface area contributed by atoms with Gasteiger partial charge in [-0.1, -0.05) is 30.4 Å². The van der Waals surface area contributed by atoms with E-state index in [1.807, 2.05) is 0 Å². The van der Waals surface area contributed by atoms with E-state index in [-0.39, 0.29) is 0 Å². The smallest absolute Gasteiger partial charge is 0.393 e. The number of alkyl halides is 3. The van der Waals surface area contributed by atoms with E-state index in [9.17, 15) is 13.2 Å². The van der Waals surface area contributed by atoms with Crippen LogP contribution in [-0.2, 0) is 12.7 Å². The first-order valence-electron chi connectivity index (χ1n) is 6.55. The minimum Gasteiger partial charge on any atom is -0.393 e. The van der Waals surface area contributed by atoms with Crippen LogP contribution in [0.3, 0.4) is 0 Å². The summed E-state index contributed by atoms with van der Waals surface area (Å²) in [7, 11) is 0. The maximum atomic E-state index is 12.7. The standard InChI is InChI=1S/C14H17F3N2S/c15-14(16,17)11-3-1-2-10(8-11)9-19(12-4-5-12)7-6-13(18)20/h1-3,8,12H,4-7,9H2,(H2,18,20). The molecule has 1 aliphatic carbocycles. The van der Waals surface area contributed by atoms with E-state index >= 15 is 0 Å². The van der Waals surface area contributed by atoms with Gasteiger partial charge < -0.3 is 5.73 Å². The number of nitrogens with zero attached hydrogens (tertiary/aromatic N) is 1. The molecule has 1 aromatic carbocycles. The van der Waals surface area contributed by atoms with E-state index < -0.39 is 11.7 Å². The van der Waals surface area contributed by atoms with Gasteiger partial charge in [-0.05, 0) is 24.5 Å². The number of thiocarbonyl (C=S) groups is 1. The molecule has 0 heterocycles. The molecular weight excluding hydrogens is 285 g/mol. The lowest BCUT2D eigenvalue weighted by molar-refractivity contribution is -0.137. The Kier molecular flexibility index (Phi) is 4.65. The zero-order chi connectivity index (χ0) is 14.8. The molecule has 0 saturated heterocycles. The first-order valence-corrected chi connectivity index (χ1v) is 6.95. The summed E-state index contributed by atoms with van der Waals surface area (Å²) >= 11 is 4.86. The molecule has 1 fully saturated rings. The van der Waals surface area contributed by atoms with Crippen LogP contribution in [0.25, 0.3) is 0 Å². The van der Waals surface area contributed by atoms with Crippen molar-refractivity contribution in [3.63, 3.8) is 0 Å². The molecular formula is C14H17F3N2S. The fourth-order valence-corrected chi connectivity index (χ4v) is 2.26. The predicted molar refractivity (Wildman–Crippen MR) is 76.3 cm³/mol. The average Bonchev–Trinajstić information content (AvgIpc) is 3.18. The molecule has 1 aliphatic rings. The van der Waals surface area contributed by atoms with E-state index in [1.165, 1.54) is 12.1 Å². The van der Waals surface area contributed by atoms with Gasteiger partial charge in [0.25, 0.3) is 0 Å². The Balaban J connectivity index is 2.04. The monoisotopic (exact) mass is 302 g/mol. The molecule has 0 amide bonds. The fourth-order valence-electron chi connectivity index (χ4n) is 2.16. The molecule has 0 aromatic heterocycles. The SMILES string of the molecule is NC(=S)CCN(Cc1cccc(C(F)(F)F)c1)C1CC1. The predicted octanol–water partition coefficient (Wildman–Crippen LogP) is 3.35. The van der Waals surface area contributed by atoms with Crippen LogP contribution < -0.4 is 5.73 Å². The second-order valence-electron chi connectivity index (χ2n) is 5.12. The summed E-state index contributed by atoms with van der Waals surface area (Å²) in [5.74, 6) is 0. The lowest BCUT2D eigenvalue weighted by Crippen LogP contribution is -2.29. The number of halogens is 3. The van der Waals surface area contributed by atoms with Crippen molar-refractivity contribution in [2.24, 2.45) is 5.73 Å². The maximum absolute atomic E-state index is 12.7. The average molecular weight is 302 g/mol. The quantitative estimate of drug-likeness (QED) is 0.817. The zero-order valence-electron chi connectivity index (χ0n) is 11.0. The van der Waals surface area contributed by atoms with Gasteiger partial charge in [-0.25, -0.2) is 0 Å². The van der Waals surface area contributed by atoms with E-state index in [4.69, 9.17) is 18.0 Å². The third-order valence-electron chi connectivity index (χ3n) is 3.35. The summed E-state index contributed by atoms with van der Waals surface area (Å²) in [5, 5.41) is 0. The molecule has 0 spiro atoms. The summed E-state index contributed by atoms with van der Waals surface area (Å²) < 4.78 is 38.0. The Bertz CT molecular complexity index is 484. The Morgan fingerprint density at radius 3 is 2.60 bits per heavy atom. The molecule has 2 nitrogen and oxygen atoms in total. The molecule has 110 valence electrons. The van der Waals surface area contributed by atoms with Crippen molar-refractivity contribution in [1.82, 2.24) is 4.90 Å². The van der Waals surface area contributed by atoms with Gasteiger partial charge in [-0.15, -0.1) is 0 Å². The van der Waals surface area contributed by atoms with Crippen LogP contribution in [-0.4, -0.2) is 22.5 Å². The third-order valence-corrected chi connectivity index (χ3v) is 3.55. The number of hydrogen-bond donors (Lipinski definition) is 1. The first-order chi connectivity index (χ1) is 9.36. The summed E-state index contributed by atoms with van der Waals surface area (Å²) in [6, 6.07) is 5.96. The highest BCUT2D eigenvalue weighted by molar-refractivity contribution is 7.80. The Morgan fingerprint density at radius 1 is 1.35 bits per heavy atom. The highest BCUT2D eigenvalue weighted by Crippen LogP contribution is 2.31. The van der Waals surface area contributed by atoms with Crippen molar-refractivity contribution < 1.29 is 13.2 Å². The lowest BCUT2D eigenvalue weighted by Gasteiger charge is -2.22. The lowest BCUT2D eigenvalue weighted by atomic mass is 10.1. The number of benzene rings is 1. The van der Waals surface area contributed by atoms with E-state index in [1.54, 1.807) is 6.07 Å². The summed E-state index contributed by atoms with van der Waals surface area (Å²) in [5.41, 5.74) is 5.57. The van der Waals surface area contributed by atoms with Crippen LogP contribution in [0.15, 0.2) is 24.3 Å². The Hall–Kier alpha value is -1.14. The fraction of sp³-hybridized carbons (Fsp3) is 0.500. The maximum Gasteiger partial charge on any atom is 0.416 e. The number of nitrogens with two attached hydrogens (primary N) is 1. The minimum atomic E-state index is -4.29. The molecule has 0 bridgehead atoms. The van der Waals surface area contributed by atoms with E-state index in [2.05, 4.69) is 4.90 Å². The van der Waals surface area contributed by atoms with Crippen molar-refractivity contribution in [3.8, 4) is 0 Å². The van der Waals surface area contributed by atoms with Crippen LogP contribution in [0.2, 0.25) is 0 Å². The summed E-state index contributed by atoms with van der Waals surface area (Å²) in [6.07, 6.45) is -1.50. The topological polar surface area (TPSA) is 29.3 Å². The number of hydrogen-bond acceptors (Lipinski definition) is 2. The molecule has 0 aliphatic heterocycles. The molecule has 2 N–H and O–H groups in total. The number of rotatable bonds is 6. The van der Waals surface area contributed by atoms with Crippen LogP contribution in [0.4, 0.5) is 13.2 Å². The van der Waals surface area contributed by atoms with Crippen LogP contribution in [0.1, 0.15) is 30.4 Å². The van der Waals surface area contributed by atoms with Crippen molar-refractivity contribution in [3.05, 3.63) is 35.4 Å². The highest BCUT2D eigenvalue weighted by Gasteiger charge is 2.32. The largest absolute Gasteiger partial charge is 0.416 e. The van der Waals surface area contributed by atoms with Gasteiger partial charge in [0.05, 0.1) is 10.6 Å². The zero-order valence-corrected chi connectivity index (χ0v) is 11.8. The van der Waals surface area contributed by atoms with Gasteiger partial charge in [-0.2, -0.15) is 13.2 Å². The molecule has 20 heavy (non-hydrogen) atoms. The van der Waals surface area contributed by atoms with Gasteiger partial charge in [0.2, 0.25) is 0 Å². The van der Waals surface area contributed by atoms with Gasteiger partial charge in [0.1, 0.15) is 0 Å². The van der Waals surface area contributed by atoms with Gasteiger partial charge in [-0.3, -0.25) is 4.90 Å². The molecule has 6 heteroatoms. The molecule has 0 unspecified atom stereocenters. The van der Waals surface area contributed by atoms with Crippen molar-refractivity contribution in [1.29, 1.82) is 0 Å². The summed E-state index contributed by atoms with van der Waals surface area (Å²) in [6.45, 7) is 1.22. The molecule has 1 saturated carbocycles. The van der Waals surface area contributed by atoms with Crippen LogP contribution in [0.5, 0.6) is 0 Å². The van der Waals surface area contributed by atoms with Crippen molar-refractivity contribution >= 4 is 17.2 Å². The second-order valence-corrected chi connectivity index (χ2v) is 5.64. The normalized spacial score (nSPS) is 15.6. The summed E-state index contributed by atoms with van der Waals surface area (Å²) in [4.78, 5) is 2.61. The van der Waals surface area contributed by atoms with E-state index in [0.29, 0.717) is 36.1 Å². The Morgan fingerprint density at radius 2 is 2.05 bits per heavy atom. The highest BCUT2D eigenvalue weighted by atomic mass is 32.1. The van der Waals surface area contributed by atoms with Crippen LogP contribution in [0, 0.1) is 0 Å². The second kappa shape index (κ2) is 6.10. The Labute approximate surface area is 121 Å². The van der Waals surface area contributed by atoms with Gasteiger partial charge in [0, 0.05) is 25.6 Å². The van der Waals surface area contributed by atoms with Crippen molar-refractivity contribution in [2.45, 2.75) is 38.0 Å². The van der Waals surface area contributed by atoms with E-state index in [0.717, 1.165) is 18.9 Å². The first kappa shape index (κ1) is 15.3. The molecule has 0 atom stereocenters. The van der Waals surface area contributed by atoms with Gasteiger partial charge in [0.15, 0.2) is 0 Å². The molecule has 2 rings (SSSR count). The minimum absolute atomic E-state index is 0.444. The molecule has 1 aromatic rings. The molecule has 0 radical (unpaired) electrons.